The molecule has 0 aliphatic carbocycles. The summed E-state index contributed by atoms with van der Waals surface area (Å²) in [5, 5.41) is 0. The van der Waals surface area contributed by atoms with E-state index in [1.165, 1.54) is 25.1 Å². The first-order chi connectivity index (χ1) is 7.33. The molecule has 0 unspecified atom stereocenters. The molecule has 0 fully saturated rings. The standard InChI is InChI=1S/C10H13F2NO2S/c1-2-16(14,15)9-5-3-4-8(6-9)10(11,12)7-13/h3-6H,2,7,13H2,1H3. The summed E-state index contributed by atoms with van der Waals surface area (Å²) >= 11 is 0. The fourth-order valence-electron chi connectivity index (χ4n) is 1.20. The monoisotopic (exact) mass is 249 g/mol. The molecule has 1 rings (SSSR count). The van der Waals surface area contributed by atoms with Crippen LogP contribution in [-0.2, 0) is 15.8 Å². The lowest BCUT2D eigenvalue weighted by molar-refractivity contribution is 0.00574. The van der Waals surface area contributed by atoms with Crippen LogP contribution in [0.1, 0.15) is 12.5 Å². The van der Waals surface area contributed by atoms with Crippen LogP contribution >= 0.6 is 0 Å². The number of rotatable bonds is 4. The van der Waals surface area contributed by atoms with Crippen LogP contribution in [0.2, 0.25) is 0 Å². The van der Waals surface area contributed by atoms with Gasteiger partial charge in [-0.25, -0.2) is 8.42 Å². The summed E-state index contributed by atoms with van der Waals surface area (Å²) in [7, 11) is -3.46. The van der Waals surface area contributed by atoms with Crippen molar-refractivity contribution in [1.82, 2.24) is 0 Å². The highest BCUT2D eigenvalue weighted by molar-refractivity contribution is 7.91. The van der Waals surface area contributed by atoms with Crippen molar-refractivity contribution in [1.29, 1.82) is 0 Å². The smallest absolute Gasteiger partial charge is 0.285 e. The van der Waals surface area contributed by atoms with Crippen molar-refractivity contribution >= 4 is 9.84 Å². The fourth-order valence-corrected chi connectivity index (χ4v) is 2.13. The van der Waals surface area contributed by atoms with Gasteiger partial charge >= 0.3 is 0 Å². The third-order valence-electron chi connectivity index (χ3n) is 2.25. The van der Waals surface area contributed by atoms with E-state index in [-0.39, 0.29) is 16.2 Å². The van der Waals surface area contributed by atoms with Gasteiger partial charge in [-0.05, 0) is 12.1 Å². The van der Waals surface area contributed by atoms with Crippen molar-refractivity contribution in [2.24, 2.45) is 5.73 Å². The van der Waals surface area contributed by atoms with E-state index in [1.807, 2.05) is 0 Å². The van der Waals surface area contributed by atoms with Crippen LogP contribution in [0.4, 0.5) is 8.78 Å². The molecule has 0 aromatic heterocycles. The molecule has 0 saturated heterocycles. The Bertz CT molecular complexity index is 471. The van der Waals surface area contributed by atoms with Crippen LogP contribution in [0.15, 0.2) is 29.2 Å². The van der Waals surface area contributed by atoms with Crippen LogP contribution in [-0.4, -0.2) is 20.7 Å². The predicted octanol–water partition coefficient (Wildman–Crippen LogP) is 1.53. The predicted molar refractivity (Wildman–Crippen MR) is 57.1 cm³/mol. The molecule has 3 nitrogen and oxygen atoms in total. The van der Waals surface area contributed by atoms with E-state index in [4.69, 9.17) is 5.73 Å². The largest absolute Gasteiger partial charge is 0.325 e. The average Bonchev–Trinajstić information content (AvgIpc) is 2.29. The lowest BCUT2D eigenvalue weighted by Gasteiger charge is -2.14. The van der Waals surface area contributed by atoms with Crippen molar-refractivity contribution in [2.75, 3.05) is 12.3 Å². The van der Waals surface area contributed by atoms with Gasteiger partial charge in [-0.1, -0.05) is 19.1 Å². The molecule has 1 aromatic rings. The van der Waals surface area contributed by atoms with Crippen molar-refractivity contribution in [3.8, 4) is 0 Å². The summed E-state index contributed by atoms with van der Waals surface area (Å²) in [6, 6.07) is 4.74. The molecular formula is C10H13F2NO2S. The molecule has 0 spiro atoms. The highest BCUT2D eigenvalue weighted by Crippen LogP contribution is 2.28. The maximum Gasteiger partial charge on any atom is 0.285 e. The summed E-state index contributed by atoms with van der Waals surface area (Å²) in [5.74, 6) is -3.32. The third-order valence-corrected chi connectivity index (χ3v) is 3.98. The lowest BCUT2D eigenvalue weighted by atomic mass is 10.1. The fraction of sp³-hybridized carbons (Fsp3) is 0.400. The van der Waals surface area contributed by atoms with Gasteiger partial charge in [0.05, 0.1) is 17.2 Å². The Morgan fingerprint density at radius 2 is 2.00 bits per heavy atom. The van der Waals surface area contributed by atoms with E-state index in [9.17, 15) is 17.2 Å². The molecule has 2 N–H and O–H groups in total. The maximum absolute atomic E-state index is 13.2. The molecule has 0 heterocycles. The van der Waals surface area contributed by atoms with E-state index in [1.54, 1.807) is 0 Å². The zero-order chi connectivity index (χ0) is 12.4. The summed E-state index contributed by atoms with van der Waals surface area (Å²) in [4.78, 5) is -0.0966. The van der Waals surface area contributed by atoms with Crippen LogP contribution in [0.5, 0.6) is 0 Å². The van der Waals surface area contributed by atoms with E-state index in [0.717, 1.165) is 6.07 Å². The molecule has 0 bridgehead atoms. The Morgan fingerprint density at radius 1 is 1.38 bits per heavy atom. The average molecular weight is 249 g/mol. The number of hydrogen-bond donors (Lipinski definition) is 1. The summed E-state index contributed by atoms with van der Waals surface area (Å²) in [5.41, 5.74) is 4.56. The number of nitrogens with two attached hydrogens (primary N) is 1. The van der Waals surface area contributed by atoms with Crippen LogP contribution in [0.3, 0.4) is 0 Å². The molecule has 16 heavy (non-hydrogen) atoms. The second-order valence-electron chi connectivity index (χ2n) is 3.34. The molecule has 0 radical (unpaired) electrons. The Labute approximate surface area is 93.2 Å². The quantitative estimate of drug-likeness (QED) is 0.880. The van der Waals surface area contributed by atoms with Gasteiger partial charge in [0.2, 0.25) is 0 Å². The summed E-state index contributed by atoms with van der Waals surface area (Å²) in [6.45, 7) is 0.617. The minimum Gasteiger partial charge on any atom is -0.325 e. The first-order valence-corrected chi connectivity index (χ1v) is 6.40. The van der Waals surface area contributed by atoms with Crippen LogP contribution in [0, 0.1) is 0 Å². The number of halogens is 2. The van der Waals surface area contributed by atoms with Crippen molar-refractivity contribution in [2.45, 2.75) is 17.7 Å². The summed E-state index contributed by atoms with van der Waals surface area (Å²) < 4.78 is 49.5. The minimum atomic E-state index is -3.46. The molecule has 90 valence electrons. The molecule has 0 aliphatic heterocycles. The van der Waals surface area contributed by atoms with E-state index < -0.39 is 22.3 Å². The molecular weight excluding hydrogens is 236 g/mol. The van der Waals surface area contributed by atoms with Gasteiger partial charge in [-0.15, -0.1) is 0 Å². The molecule has 1 aromatic carbocycles. The lowest BCUT2D eigenvalue weighted by Crippen LogP contribution is -2.25. The van der Waals surface area contributed by atoms with Crippen molar-refractivity contribution in [3.63, 3.8) is 0 Å². The normalized spacial score (nSPS) is 12.8. The van der Waals surface area contributed by atoms with Gasteiger partial charge < -0.3 is 5.73 Å². The highest BCUT2D eigenvalue weighted by atomic mass is 32.2. The van der Waals surface area contributed by atoms with Gasteiger partial charge in [0.25, 0.3) is 5.92 Å². The highest BCUT2D eigenvalue weighted by Gasteiger charge is 2.30. The first kappa shape index (κ1) is 13.1. The zero-order valence-electron chi connectivity index (χ0n) is 8.78. The second-order valence-corrected chi connectivity index (χ2v) is 5.62. The molecule has 0 amide bonds. The molecule has 0 saturated carbocycles. The van der Waals surface area contributed by atoms with Crippen LogP contribution in [0.25, 0.3) is 0 Å². The van der Waals surface area contributed by atoms with Gasteiger partial charge in [-0.2, -0.15) is 8.78 Å². The molecule has 0 aliphatic rings. The Kier molecular flexibility index (Phi) is 3.64. The van der Waals surface area contributed by atoms with Gasteiger partial charge in [-0.3, -0.25) is 0 Å². The first-order valence-electron chi connectivity index (χ1n) is 4.74. The number of sulfone groups is 1. The van der Waals surface area contributed by atoms with E-state index in [0.29, 0.717) is 0 Å². The minimum absolute atomic E-state index is 0.0966. The van der Waals surface area contributed by atoms with Crippen LogP contribution < -0.4 is 5.73 Å². The topological polar surface area (TPSA) is 60.2 Å². The number of benzene rings is 1. The maximum atomic E-state index is 13.2. The van der Waals surface area contributed by atoms with Crippen molar-refractivity contribution < 1.29 is 17.2 Å². The third kappa shape index (κ3) is 2.56. The molecule has 6 heteroatoms. The second kappa shape index (κ2) is 4.47. The van der Waals surface area contributed by atoms with Gasteiger partial charge in [0, 0.05) is 5.56 Å². The van der Waals surface area contributed by atoms with Gasteiger partial charge in [0.1, 0.15) is 0 Å². The summed E-state index contributed by atoms with van der Waals surface area (Å²) in [6.07, 6.45) is 0. The number of hydrogen-bond acceptors (Lipinski definition) is 3. The van der Waals surface area contributed by atoms with Crippen molar-refractivity contribution in [3.05, 3.63) is 29.8 Å². The Balaban J connectivity index is 3.25. The van der Waals surface area contributed by atoms with E-state index >= 15 is 0 Å². The Morgan fingerprint density at radius 3 is 2.50 bits per heavy atom. The van der Waals surface area contributed by atoms with E-state index in [2.05, 4.69) is 0 Å². The SMILES string of the molecule is CCS(=O)(=O)c1cccc(C(F)(F)CN)c1. The number of alkyl halides is 2. The molecule has 0 atom stereocenters. The zero-order valence-corrected chi connectivity index (χ0v) is 9.60. The van der Waals surface area contributed by atoms with Gasteiger partial charge in [0.15, 0.2) is 9.84 Å². The Hall–Kier alpha value is -1.01.